The fourth-order valence-corrected chi connectivity index (χ4v) is 3.79. The minimum absolute atomic E-state index is 0.00462. The maximum Gasteiger partial charge on any atom is 0.267 e. The minimum atomic E-state index is -0.423. The number of carbonyl (C=O) groups excluding carboxylic acids is 2. The van der Waals surface area contributed by atoms with Gasteiger partial charge in [0.2, 0.25) is 0 Å². The third kappa shape index (κ3) is 4.69. The smallest absolute Gasteiger partial charge is 0.267 e. The fourth-order valence-electron chi connectivity index (χ4n) is 3.79. The van der Waals surface area contributed by atoms with Crippen molar-refractivity contribution in [3.05, 3.63) is 89.0 Å². The van der Waals surface area contributed by atoms with Gasteiger partial charge in [-0.15, -0.1) is 0 Å². The van der Waals surface area contributed by atoms with Gasteiger partial charge in [-0.05, 0) is 52.4 Å². The lowest BCUT2D eigenvalue weighted by Gasteiger charge is -2.19. The number of aromatic amines is 1. The van der Waals surface area contributed by atoms with Crippen molar-refractivity contribution in [2.24, 2.45) is 0 Å². The van der Waals surface area contributed by atoms with Gasteiger partial charge in [-0.3, -0.25) is 9.59 Å². The lowest BCUT2D eigenvalue weighted by molar-refractivity contribution is 0.0945. The van der Waals surface area contributed by atoms with E-state index < -0.39 is 5.82 Å². The third-order valence-electron chi connectivity index (χ3n) is 5.82. The molecule has 4 aromatic rings. The van der Waals surface area contributed by atoms with E-state index in [0.717, 1.165) is 16.5 Å². The second kappa shape index (κ2) is 9.09. The van der Waals surface area contributed by atoms with Crippen LogP contribution in [0, 0.1) is 5.82 Å². The van der Waals surface area contributed by atoms with Gasteiger partial charge < -0.3 is 15.6 Å². The molecular formula is C27H27FN4O2. The first-order valence-electron chi connectivity index (χ1n) is 11.0. The normalized spacial score (nSPS) is 11.4. The Hall–Kier alpha value is -4.00. The van der Waals surface area contributed by atoms with Crippen LogP contribution in [0.2, 0.25) is 0 Å². The number of pyridine rings is 1. The second-order valence-corrected chi connectivity index (χ2v) is 9.20. The van der Waals surface area contributed by atoms with Crippen molar-refractivity contribution in [3.63, 3.8) is 0 Å². The molecule has 0 radical (unpaired) electrons. The van der Waals surface area contributed by atoms with Crippen LogP contribution < -0.4 is 10.6 Å². The van der Waals surface area contributed by atoms with Gasteiger partial charge in [0, 0.05) is 36.3 Å². The molecule has 34 heavy (non-hydrogen) atoms. The number of nitrogens with zero attached hydrogens (tertiary/aromatic N) is 1. The molecule has 0 fully saturated rings. The SMILES string of the molecule is CNC(=O)c1cc2c(-c3ccc(CNC(=O)c4ccc(C(C)(C)C)cc4)c(F)c3)ccnc2[nH]1. The number of rotatable bonds is 5. The molecule has 0 aliphatic rings. The number of fused-ring (bicyclic) bond motifs is 1. The zero-order valence-corrected chi connectivity index (χ0v) is 19.6. The van der Waals surface area contributed by atoms with Gasteiger partial charge in [0.25, 0.3) is 11.8 Å². The summed E-state index contributed by atoms with van der Waals surface area (Å²) >= 11 is 0. The van der Waals surface area contributed by atoms with Crippen LogP contribution in [0.4, 0.5) is 4.39 Å². The van der Waals surface area contributed by atoms with Crippen LogP contribution in [-0.2, 0) is 12.0 Å². The number of nitrogens with one attached hydrogen (secondary N) is 3. The highest BCUT2D eigenvalue weighted by Gasteiger charge is 2.16. The third-order valence-corrected chi connectivity index (χ3v) is 5.82. The molecular weight excluding hydrogens is 431 g/mol. The summed E-state index contributed by atoms with van der Waals surface area (Å²) in [4.78, 5) is 31.7. The van der Waals surface area contributed by atoms with Crippen LogP contribution in [0.3, 0.4) is 0 Å². The highest BCUT2D eigenvalue weighted by Crippen LogP contribution is 2.29. The molecule has 0 atom stereocenters. The molecule has 0 saturated heterocycles. The van der Waals surface area contributed by atoms with Crippen LogP contribution in [0.15, 0.2) is 60.8 Å². The van der Waals surface area contributed by atoms with E-state index in [2.05, 4.69) is 41.4 Å². The molecule has 0 aliphatic heterocycles. The molecule has 2 amide bonds. The Bertz CT molecular complexity index is 1370. The summed E-state index contributed by atoms with van der Waals surface area (Å²) in [6.07, 6.45) is 1.61. The molecule has 174 valence electrons. The van der Waals surface area contributed by atoms with E-state index in [1.54, 1.807) is 49.6 Å². The van der Waals surface area contributed by atoms with Gasteiger partial charge in [-0.1, -0.05) is 45.0 Å². The summed E-state index contributed by atoms with van der Waals surface area (Å²) in [5.41, 5.74) is 4.39. The highest BCUT2D eigenvalue weighted by atomic mass is 19.1. The number of hydrogen-bond acceptors (Lipinski definition) is 3. The van der Waals surface area contributed by atoms with Crippen molar-refractivity contribution >= 4 is 22.8 Å². The van der Waals surface area contributed by atoms with Crippen LogP contribution in [-0.4, -0.2) is 28.8 Å². The second-order valence-electron chi connectivity index (χ2n) is 9.20. The number of amides is 2. The first kappa shape index (κ1) is 23.2. The first-order chi connectivity index (χ1) is 16.2. The Balaban J connectivity index is 1.51. The molecule has 6 nitrogen and oxygen atoms in total. The number of benzene rings is 2. The molecule has 2 aromatic carbocycles. The number of hydrogen-bond donors (Lipinski definition) is 3. The number of H-pyrrole nitrogens is 1. The quantitative estimate of drug-likeness (QED) is 0.395. The molecule has 3 N–H and O–H groups in total. The van der Waals surface area contributed by atoms with Crippen molar-refractivity contribution in [1.29, 1.82) is 0 Å². The van der Waals surface area contributed by atoms with Crippen LogP contribution >= 0.6 is 0 Å². The maximum absolute atomic E-state index is 14.9. The first-order valence-corrected chi connectivity index (χ1v) is 11.0. The zero-order chi connectivity index (χ0) is 24.5. The van der Waals surface area contributed by atoms with Crippen LogP contribution in [0.1, 0.15) is 52.7 Å². The summed E-state index contributed by atoms with van der Waals surface area (Å²) < 4.78 is 14.9. The standard InChI is InChI=1S/C27H27FN4O2/c1-27(2,3)19-9-7-16(8-10-19)25(33)31-15-18-6-5-17(13-22(18)28)20-11-12-30-24-21(20)14-23(32-24)26(34)29-4/h5-14H,15H2,1-4H3,(H,29,34)(H,30,32)(H,31,33). The predicted octanol–water partition coefficient (Wildman–Crippen LogP) is 4.96. The Morgan fingerprint density at radius 2 is 1.74 bits per heavy atom. The van der Waals surface area contributed by atoms with E-state index in [0.29, 0.717) is 28.0 Å². The summed E-state index contributed by atoms with van der Waals surface area (Å²) in [5, 5.41) is 6.08. The predicted molar refractivity (Wildman–Crippen MR) is 131 cm³/mol. The molecule has 2 heterocycles. The monoisotopic (exact) mass is 458 g/mol. The number of halogens is 1. The summed E-state index contributed by atoms with van der Waals surface area (Å²) in [5.74, 6) is -0.934. The van der Waals surface area contributed by atoms with Gasteiger partial charge in [0.1, 0.15) is 17.2 Å². The van der Waals surface area contributed by atoms with E-state index >= 15 is 0 Å². The molecule has 0 unspecified atom stereocenters. The number of carbonyl (C=O) groups is 2. The average molecular weight is 459 g/mol. The van der Waals surface area contributed by atoms with Gasteiger partial charge in [0.15, 0.2) is 0 Å². The molecule has 0 spiro atoms. The minimum Gasteiger partial charge on any atom is -0.354 e. The Labute approximate surface area is 197 Å². The number of aromatic nitrogens is 2. The lowest BCUT2D eigenvalue weighted by Crippen LogP contribution is -2.23. The van der Waals surface area contributed by atoms with Gasteiger partial charge >= 0.3 is 0 Å². The largest absolute Gasteiger partial charge is 0.354 e. The maximum atomic E-state index is 14.9. The Kier molecular flexibility index (Phi) is 6.20. The average Bonchev–Trinajstić information content (AvgIpc) is 3.26. The lowest BCUT2D eigenvalue weighted by atomic mass is 9.87. The van der Waals surface area contributed by atoms with Crippen LogP contribution in [0.5, 0.6) is 0 Å². The Morgan fingerprint density at radius 3 is 2.38 bits per heavy atom. The van der Waals surface area contributed by atoms with Crippen molar-refractivity contribution < 1.29 is 14.0 Å². The molecule has 4 rings (SSSR count). The molecule has 0 bridgehead atoms. The summed E-state index contributed by atoms with van der Waals surface area (Å²) in [6, 6.07) is 15.8. The van der Waals surface area contributed by atoms with Crippen LogP contribution in [0.25, 0.3) is 22.2 Å². The van der Waals surface area contributed by atoms with E-state index in [1.165, 1.54) is 6.07 Å². The summed E-state index contributed by atoms with van der Waals surface area (Å²) in [6.45, 7) is 6.41. The molecule has 7 heteroatoms. The highest BCUT2D eigenvalue weighted by molar-refractivity contribution is 6.01. The van der Waals surface area contributed by atoms with Crippen molar-refractivity contribution in [3.8, 4) is 11.1 Å². The molecule has 2 aromatic heterocycles. The van der Waals surface area contributed by atoms with Crippen molar-refractivity contribution in [2.75, 3.05) is 7.05 Å². The van der Waals surface area contributed by atoms with Crippen molar-refractivity contribution in [1.82, 2.24) is 20.6 Å². The van der Waals surface area contributed by atoms with Gasteiger partial charge in [0.05, 0.1) is 0 Å². The fraction of sp³-hybridized carbons (Fsp3) is 0.222. The van der Waals surface area contributed by atoms with E-state index in [1.807, 2.05) is 12.1 Å². The van der Waals surface area contributed by atoms with E-state index in [9.17, 15) is 14.0 Å². The van der Waals surface area contributed by atoms with Crippen molar-refractivity contribution in [2.45, 2.75) is 32.7 Å². The topological polar surface area (TPSA) is 86.9 Å². The summed E-state index contributed by atoms with van der Waals surface area (Å²) in [7, 11) is 1.55. The van der Waals surface area contributed by atoms with Gasteiger partial charge in [-0.25, -0.2) is 9.37 Å². The Morgan fingerprint density at radius 1 is 1.00 bits per heavy atom. The van der Waals surface area contributed by atoms with Gasteiger partial charge in [-0.2, -0.15) is 0 Å². The zero-order valence-electron chi connectivity index (χ0n) is 19.6. The van der Waals surface area contributed by atoms with E-state index in [4.69, 9.17) is 0 Å². The van der Waals surface area contributed by atoms with E-state index in [-0.39, 0.29) is 23.8 Å². The molecule has 0 aliphatic carbocycles. The molecule has 0 saturated carbocycles.